The minimum atomic E-state index is -1.15. The second kappa shape index (κ2) is 9.05. The van der Waals surface area contributed by atoms with Crippen molar-refractivity contribution in [3.63, 3.8) is 0 Å². The zero-order valence-corrected chi connectivity index (χ0v) is 18.3. The summed E-state index contributed by atoms with van der Waals surface area (Å²) in [6.45, 7) is 2.02. The highest BCUT2D eigenvalue weighted by Crippen LogP contribution is 2.23. The number of nitrogens with one attached hydrogen (secondary N) is 1. The molecule has 1 saturated heterocycles. The number of aromatic amines is 1. The van der Waals surface area contributed by atoms with Gasteiger partial charge in [0, 0.05) is 43.7 Å². The van der Waals surface area contributed by atoms with E-state index >= 15 is 0 Å². The number of hydrogen-bond acceptors (Lipinski definition) is 4. The van der Waals surface area contributed by atoms with Crippen LogP contribution in [0.3, 0.4) is 0 Å². The smallest absolute Gasteiger partial charge is 0.272 e. The number of H-pyrrole nitrogens is 1. The maximum Gasteiger partial charge on any atom is 0.272 e. The van der Waals surface area contributed by atoms with Gasteiger partial charge in [-0.3, -0.25) is 9.59 Å². The molecule has 0 saturated carbocycles. The molecule has 2 heterocycles. The molecule has 1 aromatic heterocycles. The summed E-state index contributed by atoms with van der Waals surface area (Å²) in [7, 11) is 0. The summed E-state index contributed by atoms with van der Waals surface area (Å²) < 4.78 is 29.2. The molecule has 1 amide bonds. The molecular weight excluding hydrogens is 438 g/mol. The molecule has 0 aliphatic carbocycles. The van der Waals surface area contributed by atoms with E-state index in [0.29, 0.717) is 48.2 Å². The lowest BCUT2D eigenvalue weighted by Gasteiger charge is -2.36. The van der Waals surface area contributed by atoms with Gasteiger partial charge in [-0.2, -0.15) is 5.10 Å². The molecule has 0 radical (unpaired) electrons. The van der Waals surface area contributed by atoms with E-state index in [1.54, 1.807) is 29.2 Å². The highest BCUT2D eigenvalue weighted by molar-refractivity contribution is 5.95. The van der Waals surface area contributed by atoms with E-state index in [9.17, 15) is 18.4 Å². The van der Waals surface area contributed by atoms with Gasteiger partial charge in [-0.05, 0) is 35.9 Å². The largest absolute Gasteiger partial charge is 0.368 e. The van der Waals surface area contributed by atoms with Crippen molar-refractivity contribution in [3.8, 4) is 0 Å². The first-order chi connectivity index (χ1) is 16.5. The molecule has 0 bridgehead atoms. The van der Waals surface area contributed by atoms with Crippen molar-refractivity contribution in [1.82, 2.24) is 15.1 Å². The molecule has 5 rings (SSSR count). The number of halogens is 2. The van der Waals surface area contributed by atoms with Gasteiger partial charge in [0.25, 0.3) is 11.5 Å². The van der Waals surface area contributed by atoms with Crippen molar-refractivity contribution in [2.75, 3.05) is 31.1 Å². The van der Waals surface area contributed by atoms with Gasteiger partial charge in [-0.25, -0.2) is 13.9 Å². The van der Waals surface area contributed by atoms with Crippen molar-refractivity contribution in [1.29, 1.82) is 0 Å². The molecule has 1 fully saturated rings. The number of piperazine rings is 1. The molecule has 172 valence electrons. The number of amides is 1. The molecule has 1 N–H and O–H groups in total. The van der Waals surface area contributed by atoms with E-state index in [2.05, 4.69) is 15.1 Å². The van der Waals surface area contributed by atoms with Crippen LogP contribution < -0.4 is 10.5 Å². The average Bonchev–Trinajstić information content (AvgIpc) is 2.88. The lowest BCUT2D eigenvalue weighted by molar-refractivity contribution is 0.0740. The van der Waals surface area contributed by atoms with E-state index < -0.39 is 17.5 Å². The Bertz CT molecular complexity index is 1410. The monoisotopic (exact) mass is 460 g/mol. The van der Waals surface area contributed by atoms with Gasteiger partial charge >= 0.3 is 0 Å². The molecule has 0 spiro atoms. The summed E-state index contributed by atoms with van der Waals surface area (Å²) in [6.07, 6.45) is 0.135. The van der Waals surface area contributed by atoms with Crippen LogP contribution in [0.5, 0.6) is 0 Å². The van der Waals surface area contributed by atoms with Crippen LogP contribution in [0.2, 0.25) is 0 Å². The minimum absolute atomic E-state index is 0.135. The Morgan fingerprint density at radius 1 is 0.912 bits per heavy atom. The Morgan fingerprint density at radius 3 is 2.32 bits per heavy atom. The number of aromatic nitrogens is 2. The van der Waals surface area contributed by atoms with Crippen LogP contribution in [0.1, 0.15) is 21.6 Å². The predicted octanol–water partition coefficient (Wildman–Crippen LogP) is 3.75. The third-order valence-electron chi connectivity index (χ3n) is 6.15. The Labute approximate surface area is 194 Å². The molecule has 1 aliphatic heterocycles. The Balaban J connectivity index is 1.39. The van der Waals surface area contributed by atoms with Gasteiger partial charge < -0.3 is 9.80 Å². The van der Waals surface area contributed by atoms with Crippen molar-refractivity contribution in [3.05, 3.63) is 106 Å². The van der Waals surface area contributed by atoms with E-state index in [4.69, 9.17) is 0 Å². The molecule has 0 atom stereocenters. The maximum atomic E-state index is 14.7. The van der Waals surface area contributed by atoms with E-state index in [1.807, 2.05) is 30.3 Å². The van der Waals surface area contributed by atoms with Crippen molar-refractivity contribution < 1.29 is 13.6 Å². The number of nitrogens with zero attached hydrogens (tertiary/aromatic N) is 3. The number of benzene rings is 3. The van der Waals surface area contributed by atoms with E-state index in [-0.39, 0.29) is 17.5 Å². The molecule has 34 heavy (non-hydrogen) atoms. The fourth-order valence-electron chi connectivity index (χ4n) is 4.38. The minimum Gasteiger partial charge on any atom is -0.368 e. The van der Waals surface area contributed by atoms with Gasteiger partial charge in [-0.1, -0.05) is 36.4 Å². The number of carbonyl (C=O) groups excluding carboxylic acids is 1. The normalized spacial score (nSPS) is 13.9. The van der Waals surface area contributed by atoms with E-state index in [0.717, 1.165) is 11.8 Å². The highest BCUT2D eigenvalue weighted by atomic mass is 19.2. The standard InChI is InChI=1S/C26H22F2N4O2/c27-22-15-17(16-23-19-8-4-5-9-20(19)25(33)30-29-23)14-21(24(22)28)26(34)32-12-10-31(11-13-32)18-6-2-1-3-7-18/h1-9,14-15H,10-13,16H2,(H,30,33). The maximum absolute atomic E-state index is 14.7. The second-order valence-electron chi connectivity index (χ2n) is 8.28. The van der Waals surface area contributed by atoms with Gasteiger partial charge in [0.1, 0.15) is 0 Å². The van der Waals surface area contributed by atoms with Crippen LogP contribution in [-0.4, -0.2) is 47.2 Å². The molecule has 1 aliphatic rings. The summed E-state index contributed by atoms with van der Waals surface area (Å²) in [5, 5.41) is 7.63. The van der Waals surface area contributed by atoms with Gasteiger partial charge in [-0.15, -0.1) is 0 Å². The zero-order chi connectivity index (χ0) is 23.7. The Kier molecular flexibility index (Phi) is 5.79. The second-order valence-corrected chi connectivity index (χ2v) is 8.28. The van der Waals surface area contributed by atoms with Crippen LogP contribution >= 0.6 is 0 Å². The zero-order valence-electron chi connectivity index (χ0n) is 18.3. The first-order valence-electron chi connectivity index (χ1n) is 11.0. The number of fused-ring (bicyclic) bond motifs is 1. The number of rotatable bonds is 4. The Morgan fingerprint density at radius 2 is 1.59 bits per heavy atom. The van der Waals surface area contributed by atoms with Crippen LogP contribution in [0, 0.1) is 11.6 Å². The fraction of sp³-hybridized carbons (Fsp3) is 0.192. The SMILES string of the molecule is O=C(c1cc(Cc2n[nH]c(=O)c3ccccc23)cc(F)c1F)N1CCN(c2ccccc2)CC1. The van der Waals surface area contributed by atoms with Crippen LogP contribution in [0.25, 0.3) is 10.8 Å². The summed E-state index contributed by atoms with van der Waals surface area (Å²) in [5.74, 6) is -2.78. The molecular formula is C26H22F2N4O2. The van der Waals surface area contributed by atoms with Crippen LogP contribution in [0.15, 0.2) is 71.5 Å². The summed E-state index contributed by atoms with van der Waals surface area (Å²) in [5.41, 5.74) is 1.35. The summed E-state index contributed by atoms with van der Waals surface area (Å²) in [6, 6.07) is 19.3. The lowest BCUT2D eigenvalue weighted by atomic mass is 10.0. The van der Waals surface area contributed by atoms with Crippen LogP contribution in [0.4, 0.5) is 14.5 Å². The van der Waals surface area contributed by atoms with Gasteiger partial charge in [0.15, 0.2) is 11.6 Å². The predicted molar refractivity (Wildman–Crippen MR) is 126 cm³/mol. The number of para-hydroxylation sites is 1. The average molecular weight is 460 g/mol. The van der Waals surface area contributed by atoms with Gasteiger partial charge in [0.05, 0.1) is 16.6 Å². The third kappa shape index (κ3) is 4.14. The van der Waals surface area contributed by atoms with Gasteiger partial charge in [0.2, 0.25) is 0 Å². The topological polar surface area (TPSA) is 69.3 Å². The summed E-state index contributed by atoms with van der Waals surface area (Å²) in [4.78, 5) is 28.9. The first kappa shape index (κ1) is 21.8. The summed E-state index contributed by atoms with van der Waals surface area (Å²) >= 11 is 0. The van der Waals surface area contributed by atoms with E-state index in [1.165, 1.54) is 6.07 Å². The molecule has 0 unspecified atom stereocenters. The molecule has 6 nitrogen and oxygen atoms in total. The number of hydrogen-bond donors (Lipinski definition) is 1. The Hall–Kier alpha value is -4.07. The lowest BCUT2D eigenvalue weighted by Crippen LogP contribution is -2.49. The number of carbonyl (C=O) groups is 1. The third-order valence-corrected chi connectivity index (χ3v) is 6.15. The molecule has 8 heteroatoms. The quantitative estimate of drug-likeness (QED) is 0.504. The first-order valence-corrected chi connectivity index (χ1v) is 11.0. The molecule has 4 aromatic rings. The van der Waals surface area contributed by atoms with Crippen LogP contribution in [-0.2, 0) is 6.42 Å². The van der Waals surface area contributed by atoms with Crippen molar-refractivity contribution in [2.45, 2.75) is 6.42 Å². The number of anilines is 1. The van der Waals surface area contributed by atoms with Crippen molar-refractivity contribution in [2.24, 2.45) is 0 Å². The fourth-order valence-corrected chi connectivity index (χ4v) is 4.38. The van der Waals surface area contributed by atoms with Crippen molar-refractivity contribution >= 4 is 22.4 Å². The molecule has 3 aromatic carbocycles. The highest BCUT2D eigenvalue weighted by Gasteiger charge is 2.26.